The van der Waals surface area contributed by atoms with Crippen molar-refractivity contribution in [1.29, 1.82) is 0 Å². The molecule has 2 atom stereocenters. The van der Waals surface area contributed by atoms with Crippen LogP contribution in [0.15, 0.2) is 18.2 Å². The lowest BCUT2D eigenvalue weighted by atomic mass is 9.92. The lowest BCUT2D eigenvalue weighted by Crippen LogP contribution is -2.18. The smallest absolute Gasteiger partial charge is 0.338 e. The van der Waals surface area contributed by atoms with Gasteiger partial charge < -0.3 is 19.7 Å². The van der Waals surface area contributed by atoms with Gasteiger partial charge in [-0.25, -0.2) is 9.59 Å². The molecule has 0 aliphatic carbocycles. The first-order valence-electron chi connectivity index (χ1n) is 6.05. The number of benzene rings is 1. The molecule has 0 heterocycles. The van der Waals surface area contributed by atoms with Crippen LogP contribution in [0.3, 0.4) is 0 Å². The Bertz CT molecular complexity index is 496. The molecule has 2 unspecified atom stereocenters. The molecule has 6 heteroatoms. The Labute approximate surface area is 116 Å². The molecule has 0 saturated carbocycles. The zero-order valence-corrected chi connectivity index (χ0v) is 11.6. The molecule has 0 aliphatic heterocycles. The predicted molar refractivity (Wildman–Crippen MR) is 70.3 cm³/mol. The zero-order chi connectivity index (χ0) is 15.3. The molecule has 0 spiro atoms. The van der Waals surface area contributed by atoms with Crippen molar-refractivity contribution >= 4 is 11.9 Å². The van der Waals surface area contributed by atoms with Gasteiger partial charge in [-0.15, -0.1) is 0 Å². The summed E-state index contributed by atoms with van der Waals surface area (Å²) in [6, 6.07) is 4.17. The summed E-state index contributed by atoms with van der Waals surface area (Å²) in [5.41, 5.74) is 0.577. The molecule has 0 radical (unpaired) electrons. The van der Waals surface area contributed by atoms with E-state index < -0.39 is 24.0 Å². The number of rotatable bonds is 5. The number of carbonyl (C=O) groups is 2. The van der Waals surface area contributed by atoms with Crippen molar-refractivity contribution in [2.24, 2.45) is 5.92 Å². The van der Waals surface area contributed by atoms with E-state index in [2.05, 4.69) is 9.47 Å². The monoisotopic (exact) mass is 282 g/mol. The minimum absolute atomic E-state index is 0.146. The number of aliphatic hydroxyl groups is 2. The Hall–Kier alpha value is -1.92. The maximum Gasteiger partial charge on any atom is 0.338 e. The molecule has 0 saturated heterocycles. The average molecular weight is 282 g/mol. The van der Waals surface area contributed by atoms with E-state index in [9.17, 15) is 14.7 Å². The van der Waals surface area contributed by atoms with E-state index in [4.69, 9.17) is 5.11 Å². The second kappa shape index (κ2) is 7.02. The Kier molecular flexibility index (Phi) is 5.66. The van der Waals surface area contributed by atoms with Crippen molar-refractivity contribution in [3.63, 3.8) is 0 Å². The van der Waals surface area contributed by atoms with Crippen LogP contribution in [0, 0.1) is 5.92 Å². The summed E-state index contributed by atoms with van der Waals surface area (Å²) in [6.07, 6.45) is -1.10. The van der Waals surface area contributed by atoms with E-state index in [-0.39, 0.29) is 23.3 Å². The number of hydrogen-bond acceptors (Lipinski definition) is 6. The van der Waals surface area contributed by atoms with Gasteiger partial charge in [-0.3, -0.25) is 0 Å². The fourth-order valence-corrected chi connectivity index (χ4v) is 1.75. The van der Waals surface area contributed by atoms with Crippen LogP contribution in [-0.4, -0.2) is 43.0 Å². The molecule has 6 nitrogen and oxygen atoms in total. The second-order valence-electron chi connectivity index (χ2n) is 4.39. The number of carbonyl (C=O) groups excluding carboxylic acids is 2. The van der Waals surface area contributed by atoms with Crippen molar-refractivity contribution in [2.75, 3.05) is 20.8 Å². The van der Waals surface area contributed by atoms with E-state index in [1.165, 1.54) is 32.4 Å². The summed E-state index contributed by atoms with van der Waals surface area (Å²) in [7, 11) is 2.46. The van der Waals surface area contributed by atoms with E-state index in [1.54, 1.807) is 6.92 Å². The highest BCUT2D eigenvalue weighted by atomic mass is 16.5. The minimum atomic E-state index is -1.10. The molecule has 0 aliphatic rings. The summed E-state index contributed by atoms with van der Waals surface area (Å²) < 4.78 is 9.24. The van der Waals surface area contributed by atoms with Crippen LogP contribution in [0.4, 0.5) is 0 Å². The molecule has 1 aromatic rings. The summed E-state index contributed by atoms with van der Waals surface area (Å²) in [5, 5.41) is 19.3. The van der Waals surface area contributed by atoms with E-state index in [0.717, 1.165) is 0 Å². The largest absolute Gasteiger partial charge is 0.465 e. The summed E-state index contributed by atoms with van der Waals surface area (Å²) in [6.45, 7) is 1.36. The van der Waals surface area contributed by atoms with Crippen LogP contribution in [-0.2, 0) is 9.47 Å². The van der Waals surface area contributed by atoms with Crippen LogP contribution < -0.4 is 0 Å². The van der Waals surface area contributed by atoms with Gasteiger partial charge >= 0.3 is 11.9 Å². The topological polar surface area (TPSA) is 93.1 Å². The Morgan fingerprint density at radius 3 is 2.30 bits per heavy atom. The molecular formula is C14H18O6. The molecular weight excluding hydrogens is 264 g/mol. The van der Waals surface area contributed by atoms with Crippen molar-refractivity contribution < 1.29 is 29.3 Å². The maximum atomic E-state index is 11.7. The Morgan fingerprint density at radius 1 is 1.20 bits per heavy atom. The Balaban J connectivity index is 3.33. The molecule has 0 bridgehead atoms. The highest BCUT2D eigenvalue weighted by Gasteiger charge is 2.24. The third-order valence-corrected chi connectivity index (χ3v) is 3.02. The van der Waals surface area contributed by atoms with E-state index in [0.29, 0.717) is 0 Å². The normalized spacial score (nSPS) is 13.4. The molecule has 0 amide bonds. The van der Waals surface area contributed by atoms with Crippen LogP contribution in [0.25, 0.3) is 0 Å². The predicted octanol–water partition coefficient (Wildman–Crippen LogP) is 0.922. The molecule has 110 valence electrons. The molecule has 0 aromatic heterocycles. The number of aliphatic hydroxyl groups excluding tert-OH is 2. The number of esters is 2. The van der Waals surface area contributed by atoms with Gasteiger partial charge in [0.05, 0.1) is 31.5 Å². The van der Waals surface area contributed by atoms with Gasteiger partial charge in [0, 0.05) is 12.5 Å². The summed E-state index contributed by atoms with van der Waals surface area (Å²) >= 11 is 0. The number of ether oxygens (including phenoxy) is 2. The number of hydrogen-bond donors (Lipinski definition) is 2. The first-order valence-corrected chi connectivity index (χ1v) is 6.05. The van der Waals surface area contributed by atoms with Gasteiger partial charge in [0.2, 0.25) is 0 Å². The first kappa shape index (κ1) is 16.1. The van der Waals surface area contributed by atoms with E-state index in [1.807, 2.05) is 0 Å². The third-order valence-electron chi connectivity index (χ3n) is 3.02. The average Bonchev–Trinajstić information content (AvgIpc) is 2.51. The summed E-state index contributed by atoms with van der Waals surface area (Å²) in [4.78, 5) is 23.2. The van der Waals surface area contributed by atoms with Gasteiger partial charge in [-0.2, -0.15) is 0 Å². The van der Waals surface area contributed by atoms with Crippen LogP contribution in [0.2, 0.25) is 0 Å². The standard InChI is InChI=1S/C14H18O6/c1-8(7-15)12(16)11-6-9(13(17)19-2)4-5-10(11)14(18)20-3/h4-6,8,12,15-16H,7H2,1-3H3. The minimum Gasteiger partial charge on any atom is -0.465 e. The maximum absolute atomic E-state index is 11.7. The SMILES string of the molecule is COC(=O)c1ccc(C(=O)OC)c(C(O)C(C)CO)c1. The second-order valence-corrected chi connectivity index (χ2v) is 4.39. The fourth-order valence-electron chi connectivity index (χ4n) is 1.75. The van der Waals surface area contributed by atoms with Crippen LogP contribution in [0.1, 0.15) is 39.3 Å². The molecule has 2 N–H and O–H groups in total. The molecule has 1 rings (SSSR count). The Morgan fingerprint density at radius 2 is 1.80 bits per heavy atom. The third kappa shape index (κ3) is 3.34. The van der Waals surface area contributed by atoms with Crippen molar-refractivity contribution in [1.82, 2.24) is 0 Å². The van der Waals surface area contributed by atoms with Gasteiger partial charge in [0.25, 0.3) is 0 Å². The van der Waals surface area contributed by atoms with Crippen molar-refractivity contribution in [3.8, 4) is 0 Å². The van der Waals surface area contributed by atoms with Gasteiger partial charge in [-0.05, 0) is 23.8 Å². The van der Waals surface area contributed by atoms with Crippen LogP contribution in [0.5, 0.6) is 0 Å². The van der Waals surface area contributed by atoms with E-state index >= 15 is 0 Å². The lowest BCUT2D eigenvalue weighted by molar-refractivity contribution is 0.0556. The van der Waals surface area contributed by atoms with Gasteiger partial charge in [0.1, 0.15) is 0 Å². The number of methoxy groups -OCH3 is 2. The highest BCUT2D eigenvalue weighted by Crippen LogP contribution is 2.27. The molecule has 20 heavy (non-hydrogen) atoms. The first-order chi connectivity index (χ1) is 9.46. The van der Waals surface area contributed by atoms with Crippen molar-refractivity contribution in [3.05, 3.63) is 34.9 Å². The molecule has 1 aromatic carbocycles. The highest BCUT2D eigenvalue weighted by molar-refractivity contribution is 5.94. The molecule has 0 fully saturated rings. The quantitative estimate of drug-likeness (QED) is 0.780. The zero-order valence-electron chi connectivity index (χ0n) is 11.6. The summed E-state index contributed by atoms with van der Waals surface area (Å²) in [5.74, 6) is -1.70. The van der Waals surface area contributed by atoms with Crippen molar-refractivity contribution in [2.45, 2.75) is 13.0 Å². The lowest BCUT2D eigenvalue weighted by Gasteiger charge is -2.20. The van der Waals surface area contributed by atoms with Gasteiger partial charge in [0.15, 0.2) is 0 Å². The van der Waals surface area contributed by atoms with Crippen LogP contribution >= 0.6 is 0 Å². The van der Waals surface area contributed by atoms with Gasteiger partial charge in [-0.1, -0.05) is 6.92 Å². The fraction of sp³-hybridized carbons (Fsp3) is 0.429.